The van der Waals surface area contributed by atoms with Crippen molar-refractivity contribution in [3.63, 3.8) is 0 Å². The molecule has 1 fully saturated rings. The normalized spacial score (nSPS) is 15.2. The van der Waals surface area contributed by atoms with Crippen LogP contribution in [0.5, 0.6) is 0 Å². The fraction of sp³-hybridized carbons (Fsp3) is 0.350. The first-order chi connectivity index (χ1) is 13.7. The summed E-state index contributed by atoms with van der Waals surface area (Å²) in [5.41, 5.74) is 0.777. The Morgan fingerprint density at radius 1 is 1.00 bits per heavy atom. The largest absolute Gasteiger partial charge is 0.376 e. The molecule has 0 bridgehead atoms. The molecule has 3 rings (SSSR count). The van der Waals surface area contributed by atoms with Crippen molar-refractivity contribution in [3.8, 4) is 0 Å². The van der Waals surface area contributed by atoms with Gasteiger partial charge in [0.15, 0.2) is 11.6 Å². The summed E-state index contributed by atoms with van der Waals surface area (Å²) >= 11 is 0. The molecule has 6 nitrogen and oxygen atoms in total. The highest BCUT2D eigenvalue weighted by Crippen LogP contribution is 2.30. The van der Waals surface area contributed by atoms with Gasteiger partial charge in [0.2, 0.25) is 10.0 Å². The number of anilines is 2. The topological polar surface area (TPSA) is 69.7 Å². The molecule has 1 saturated heterocycles. The number of carbonyl (C=O) groups is 1. The molecule has 2 aromatic rings. The molecule has 156 valence electrons. The third kappa shape index (κ3) is 4.56. The standard InChI is InChI=1S/C20H23F2N3O3S/c1-24(2)19-9-7-15(29(27,28)25-10-4-3-5-11-25)13-18(19)23-20(26)14-6-8-16(21)17(22)12-14/h6-9,12-13H,3-5,10-11H2,1-2H3,(H,23,26). The van der Waals surface area contributed by atoms with Gasteiger partial charge in [0.1, 0.15) is 0 Å². The first-order valence-electron chi connectivity index (χ1n) is 9.28. The predicted molar refractivity (Wildman–Crippen MR) is 108 cm³/mol. The summed E-state index contributed by atoms with van der Waals surface area (Å²) < 4.78 is 54.0. The van der Waals surface area contributed by atoms with Gasteiger partial charge in [0, 0.05) is 32.7 Å². The van der Waals surface area contributed by atoms with Crippen LogP contribution in [-0.2, 0) is 10.0 Å². The number of nitrogens with zero attached hydrogens (tertiary/aromatic N) is 2. The zero-order valence-electron chi connectivity index (χ0n) is 16.3. The summed E-state index contributed by atoms with van der Waals surface area (Å²) in [6.07, 6.45) is 2.63. The van der Waals surface area contributed by atoms with Gasteiger partial charge in [-0.1, -0.05) is 6.42 Å². The number of nitrogens with one attached hydrogen (secondary N) is 1. The molecule has 0 atom stereocenters. The van der Waals surface area contributed by atoms with Gasteiger partial charge in [-0.3, -0.25) is 4.79 Å². The van der Waals surface area contributed by atoms with Crippen LogP contribution in [0.15, 0.2) is 41.3 Å². The Balaban J connectivity index is 1.94. The highest BCUT2D eigenvalue weighted by atomic mass is 32.2. The average molecular weight is 423 g/mol. The maximum Gasteiger partial charge on any atom is 0.255 e. The van der Waals surface area contributed by atoms with Crippen LogP contribution in [0.2, 0.25) is 0 Å². The number of halogens is 2. The lowest BCUT2D eigenvalue weighted by molar-refractivity contribution is 0.102. The average Bonchev–Trinajstić information content (AvgIpc) is 2.70. The number of amides is 1. The lowest BCUT2D eigenvalue weighted by atomic mass is 10.2. The van der Waals surface area contributed by atoms with Crippen molar-refractivity contribution in [2.75, 3.05) is 37.4 Å². The number of hydrogen-bond acceptors (Lipinski definition) is 4. The molecule has 1 N–H and O–H groups in total. The van der Waals surface area contributed by atoms with Crippen molar-refractivity contribution in [2.24, 2.45) is 0 Å². The number of benzene rings is 2. The van der Waals surface area contributed by atoms with Crippen molar-refractivity contribution in [1.29, 1.82) is 0 Å². The molecule has 1 aliphatic rings. The molecule has 0 aliphatic carbocycles. The third-order valence-electron chi connectivity index (χ3n) is 4.83. The van der Waals surface area contributed by atoms with Crippen LogP contribution in [0, 0.1) is 11.6 Å². The molecule has 0 aromatic heterocycles. The smallest absolute Gasteiger partial charge is 0.255 e. The zero-order chi connectivity index (χ0) is 21.2. The first kappa shape index (κ1) is 21.2. The number of sulfonamides is 1. The Kier molecular flexibility index (Phi) is 6.18. The van der Waals surface area contributed by atoms with Gasteiger partial charge >= 0.3 is 0 Å². The first-order valence-corrected chi connectivity index (χ1v) is 10.7. The van der Waals surface area contributed by atoms with Crippen molar-refractivity contribution in [3.05, 3.63) is 53.6 Å². The molecule has 0 spiro atoms. The van der Waals surface area contributed by atoms with E-state index in [2.05, 4.69) is 5.32 Å². The Bertz CT molecular complexity index is 1020. The van der Waals surface area contributed by atoms with E-state index in [0.29, 0.717) is 18.8 Å². The molecule has 0 saturated carbocycles. The van der Waals surface area contributed by atoms with Gasteiger partial charge in [-0.25, -0.2) is 17.2 Å². The van der Waals surface area contributed by atoms with Crippen LogP contribution < -0.4 is 10.2 Å². The Hall–Kier alpha value is -2.52. The predicted octanol–water partition coefficient (Wildman–Crippen LogP) is 3.46. The van der Waals surface area contributed by atoms with Gasteiger partial charge in [0.05, 0.1) is 16.3 Å². The summed E-state index contributed by atoms with van der Waals surface area (Å²) in [5, 5.41) is 2.62. The third-order valence-corrected chi connectivity index (χ3v) is 6.73. The van der Waals surface area contributed by atoms with E-state index in [-0.39, 0.29) is 16.1 Å². The molecule has 0 unspecified atom stereocenters. The Morgan fingerprint density at radius 3 is 2.31 bits per heavy atom. The summed E-state index contributed by atoms with van der Waals surface area (Å²) in [6, 6.07) is 7.35. The summed E-state index contributed by atoms with van der Waals surface area (Å²) in [7, 11) is -0.183. The van der Waals surface area contributed by atoms with Crippen LogP contribution in [0.1, 0.15) is 29.6 Å². The second-order valence-electron chi connectivity index (χ2n) is 7.12. The van der Waals surface area contributed by atoms with Crippen molar-refractivity contribution >= 4 is 27.3 Å². The maximum atomic E-state index is 13.5. The van der Waals surface area contributed by atoms with Gasteiger partial charge in [-0.15, -0.1) is 0 Å². The van der Waals surface area contributed by atoms with E-state index in [4.69, 9.17) is 0 Å². The van der Waals surface area contributed by atoms with Crippen LogP contribution in [0.4, 0.5) is 20.2 Å². The van der Waals surface area contributed by atoms with E-state index in [1.54, 1.807) is 25.1 Å². The SMILES string of the molecule is CN(C)c1ccc(S(=O)(=O)N2CCCCC2)cc1NC(=O)c1ccc(F)c(F)c1. The monoisotopic (exact) mass is 423 g/mol. The second-order valence-corrected chi connectivity index (χ2v) is 9.06. The molecule has 1 heterocycles. The highest BCUT2D eigenvalue weighted by Gasteiger charge is 2.27. The van der Waals surface area contributed by atoms with Gasteiger partial charge in [0.25, 0.3) is 5.91 Å². The molecule has 0 radical (unpaired) electrons. The molecule has 1 amide bonds. The molecular formula is C20H23F2N3O3S. The van der Waals surface area contributed by atoms with Gasteiger partial charge < -0.3 is 10.2 Å². The minimum atomic E-state index is -3.69. The number of hydrogen-bond donors (Lipinski definition) is 1. The minimum Gasteiger partial charge on any atom is -0.376 e. The quantitative estimate of drug-likeness (QED) is 0.800. The second kappa shape index (κ2) is 8.46. The minimum absolute atomic E-state index is 0.0714. The van der Waals surface area contributed by atoms with E-state index in [1.807, 2.05) is 0 Å². The fourth-order valence-corrected chi connectivity index (χ4v) is 4.80. The fourth-order valence-electron chi connectivity index (χ4n) is 3.25. The van der Waals surface area contributed by atoms with Crippen LogP contribution >= 0.6 is 0 Å². The number of piperidine rings is 1. The maximum absolute atomic E-state index is 13.5. The van der Waals surface area contributed by atoms with Crippen molar-refractivity contribution in [2.45, 2.75) is 24.2 Å². The summed E-state index contributed by atoms with van der Waals surface area (Å²) in [6.45, 7) is 0.933. The van der Waals surface area contributed by atoms with E-state index >= 15 is 0 Å². The Morgan fingerprint density at radius 2 is 1.69 bits per heavy atom. The van der Waals surface area contributed by atoms with Gasteiger partial charge in [-0.2, -0.15) is 4.31 Å². The molecule has 2 aromatic carbocycles. The highest BCUT2D eigenvalue weighted by molar-refractivity contribution is 7.89. The van der Waals surface area contributed by atoms with Crippen molar-refractivity contribution < 1.29 is 22.0 Å². The molecular weight excluding hydrogens is 400 g/mol. The van der Waals surface area contributed by atoms with Crippen LogP contribution in [0.3, 0.4) is 0 Å². The molecule has 1 aliphatic heterocycles. The summed E-state index contributed by atoms with van der Waals surface area (Å²) in [4.78, 5) is 14.3. The van der Waals surface area contributed by atoms with E-state index in [0.717, 1.165) is 37.5 Å². The van der Waals surface area contributed by atoms with Gasteiger partial charge in [-0.05, 0) is 49.2 Å². The molecule has 9 heteroatoms. The lowest BCUT2D eigenvalue weighted by Gasteiger charge is -2.26. The Labute approximate surface area is 169 Å². The zero-order valence-corrected chi connectivity index (χ0v) is 17.1. The number of carbonyl (C=O) groups excluding carboxylic acids is 1. The summed E-state index contributed by atoms with van der Waals surface area (Å²) in [5.74, 6) is -2.85. The van der Waals surface area contributed by atoms with E-state index < -0.39 is 27.6 Å². The van der Waals surface area contributed by atoms with Crippen molar-refractivity contribution in [1.82, 2.24) is 4.31 Å². The van der Waals surface area contributed by atoms with E-state index in [9.17, 15) is 22.0 Å². The number of rotatable bonds is 5. The lowest BCUT2D eigenvalue weighted by Crippen LogP contribution is -2.35. The molecule has 29 heavy (non-hydrogen) atoms. The van der Waals surface area contributed by atoms with E-state index in [1.165, 1.54) is 16.4 Å². The van der Waals surface area contributed by atoms with Crippen LogP contribution in [-0.4, -0.2) is 45.8 Å². The van der Waals surface area contributed by atoms with Crippen LogP contribution in [0.25, 0.3) is 0 Å².